The Balaban J connectivity index is -0.000000385. The fourth-order valence-corrected chi connectivity index (χ4v) is 2.93. The zero-order chi connectivity index (χ0) is 24.5. The third-order valence-electron chi connectivity index (χ3n) is 3.25. The maximum atomic E-state index is 11.4. The van der Waals surface area contributed by atoms with Gasteiger partial charge in [0, 0.05) is 4.88 Å². The number of alkyl halides is 2. The van der Waals surface area contributed by atoms with E-state index in [1.54, 1.807) is 0 Å². The van der Waals surface area contributed by atoms with Crippen LogP contribution >= 0.6 is 56.5 Å². The summed E-state index contributed by atoms with van der Waals surface area (Å²) in [7, 11) is 1.41. The van der Waals surface area contributed by atoms with E-state index in [2.05, 4.69) is 110 Å². The molecule has 2 aromatic rings. The number of methoxy groups -OCH3 is 1. The van der Waals surface area contributed by atoms with Crippen LogP contribution < -0.4 is 0 Å². The minimum absolute atomic E-state index is 0.0989. The highest BCUT2D eigenvalue weighted by atomic mass is 127. The number of benzene rings is 1. The molecular weight excluding hydrogens is 622 g/mol. The number of aryl methyl sites for hydroxylation is 3. The van der Waals surface area contributed by atoms with Gasteiger partial charge in [-0.15, -0.1) is 11.3 Å². The smallest absolute Gasteiger partial charge is 0.348 e. The van der Waals surface area contributed by atoms with Crippen molar-refractivity contribution in [2.24, 2.45) is 0 Å². The van der Waals surface area contributed by atoms with Crippen LogP contribution in [0.5, 0.6) is 0 Å². The molecule has 0 aliphatic carbocycles. The summed E-state index contributed by atoms with van der Waals surface area (Å²) in [4.78, 5) is 26.7. The fourth-order valence-electron chi connectivity index (χ4n) is 1.78. The Kier molecular flexibility index (Phi) is 21.9. The molecule has 0 N–H and O–H groups in total. The molecule has 0 fully saturated rings. The van der Waals surface area contributed by atoms with E-state index in [0.29, 0.717) is 0 Å². The summed E-state index contributed by atoms with van der Waals surface area (Å²) >= 11 is 5.82. The molecule has 30 heavy (non-hydrogen) atoms. The van der Waals surface area contributed by atoms with Crippen molar-refractivity contribution in [3.05, 3.63) is 56.8 Å². The van der Waals surface area contributed by atoms with Gasteiger partial charge >= 0.3 is 5.97 Å². The molecule has 6 heteroatoms. The van der Waals surface area contributed by atoms with Crippen molar-refractivity contribution in [1.29, 1.82) is 0 Å². The van der Waals surface area contributed by atoms with E-state index in [-0.39, 0.29) is 17.2 Å². The lowest BCUT2D eigenvalue weighted by atomic mass is 9.94. The van der Waals surface area contributed by atoms with E-state index in [4.69, 9.17) is 4.74 Å². The Hall–Kier alpha value is -0.480. The van der Waals surface area contributed by atoms with Gasteiger partial charge in [-0.25, -0.2) is 4.79 Å². The molecule has 0 aliphatic rings. The Morgan fingerprint density at radius 3 is 1.43 bits per heavy atom. The molecule has 3 nitrogen and oxygen atoms in total. The van der Waals surface area contributed by atoms with Crippen LogP contribution in [-0.4, -0.2) is 28.7 Å². The number of thiophene rings is 1. The third kappa shape index (κ3) is 17.2. The number of rotatable bonds is 1. The van der Waals surface area contributed by atoms with Crippen molar-refractivity contribution in [2.45, 2.75) is 60.8 Å². The van der Waals surface area contributed by atoms with E-state index in [1.807, 2.05) is 16.8 Å². The van der Waals surface area contributed by atoms with E-state index < -0.39 is 0 Å². The highest BCUT2D eigenvalue weighted by Gasteiger charge is 2.21. The van der Waals surface area contributed by atoms with Crippen LogP contribution in [0.2, 0.25) is 0 Å². The fraction of sp³-hybridized carbons (Fsp3) is 0.500. The van der Waals surface area contributed by atoms with Gasteiger partial charge in [0.2, 0.25) is 0 Å². The van der Waals surface area contributed by atoms with Gasteiger partial charge in [-0.1, -0.05) is 101 Å². The maximum Gasteiger partial charge on any atom is 0.348 e. The van der Waals surface area contributed by atoms with Crippen molar-refractivity contribution >= 4 is 68.3 Å². The number of halogens is 2. The molecule has 0 unspecified atom stereocenters. The van der Waals surface area contributed by atoms with Crippen LogP contribution in [0.4, 0.5) is 0 Å². The average molecular weight is 660 g/mol. The second-order valence-electron chi connectivity index (χ2n) is 7.43. The van der Waals surface area contributed by atoms with Crippen molar-refractivity contribution in [2.75, 3.05) is 17.0 Å². The van der Waals surface area contributed by atoms with Gasteiger partial charge in [-0.3, -0.25) is 0 Å². The molecule has 1 aromatic carbocycles. The van der Waals surface area contributed by atoms with Crippen molar-refractivity contribution < 1.29 is 14.3 Å². The lowest BCUT2D eigenvalue weighted by molar-refractivity contribution is -0.115. The first-order valence-electron chi connectivity index (χ1n) is 9.33. The predicted octanol–water partition coefficient (Wildman–Crippen LogP) is 8.14. The normalized spacial score (nSPS) is 9.10. The SMILES string of the molecule is CC(C)=O.CI.CI.COC(=O)c1sc(C(C)(C)C)cc1C.Cc1ccc(C)cc1. The Labute approximate surface area is 215 Å². The summed E-state index contributed by atoms with van der Waals surface area (Å²) in [5.74, 6) is -0.0667. The number of hydrogen-bond acceptors (Lipinski definition) is 4. The van der Waals surface area contributed by atoms with Gasteiger partial charge in [0.05, 0.1) is 7.11 Å². The minimum Gasteiger partial charge on any atom is -0.465 e. The van der Waals surface area contributed by atoms with Gasteiger partial charge in [0.1, 0.15) is 10.7 Å². The van der Waals surface area contributed by atoms with E-state index >= 15 is 0 Å². The first-order valence-corrected chi connectivity index (χ1v) is 14.5. The zero-order valence-corrected chi connectivity index (χ0v) is 25.4. The minimum atomic E-state index is -0.233. The number of esters is 1. The van der Waals surface area contributed by atoms with Crippen LogP contribution in [0.25, 0.3) is 0 Å². The molecule has 0 spiro atoms. The van der Waals surface area contributed by atoms with E-state index in [0.717, 1.165) is 10.4 Å². The number of hydrogen-bond donors (Lipinski definition) is 0. The van der Waals surface area contributed by atoms with Crippen molar-refractivity contribution in [3.63, 3.8) is 0 Å². The first-order chi connectivity index (χ1) is 13.9. The highest BCUT2D eigenvalue weighted by Crippen LogP contribution is 2.32. The van der Waals surface area contributed by atoms with Gasteiger partial charge in [0.25, 0.3) is 0 Å². The Morgan fingerprint density at radius 1 is 0.867 bits per heavy atom. The molecule has 0 radical (unpaired) electrons. The van der Waals surface area contributed by atoms with Crippen LogP contribution in [-0.2, 0) is 14.9 Å². The number of ketones is 1. The standard InChI is InChI=1S/C11H16O2S.C8H10.C3H6O.2CH3I/c1-7-6-8(11(2,3)4)14-9(7)10(12)13-5;1-7-3-5-8(2)6-4-7;1-3(2)4;2*1-2/h6H,1-5H3;3-6H,1-2H3;1-2H3;2*1H3. The monoisotopic (exact) mass is 660 g/mol. The highest BCUT2D eigenvalue weighted by molar-refractivity contribution is 14.1. The number of ether oxygens (including phenoxy) is 1. The van der Waals surface area contributed by atoms with Crippen LogP contribution in [0.3, 0.4) is 0 Å². The third-order valence-corrected chi connectivity index (χ3v) is 4.89. The quantitative estimate of drug-likeness (QED) is 0.176. The topological polar surface area (TPSA) is 43.4 Å². The second-order valence-corrected chi connectivity index (χ2v) is 8.48. The second kappa shape index (κ2) is 19.2. The summed E-state index contributed by atoms with van der Waals surface area (Å²) in [6.45, 7) is 15.6. The molecule has 172 valence electrons. The van der Waals surface area contributed by atoms with Crippen molar-refractivity contribution in [1.82, 2.24) is 0 Å². The summed E-state index contributed by atoms with van der Waals surface area (Å²) < 4.78 is 4.71. The molecule has 1 aromatic heterocycles. The van der Waals surface area contributed by atoms with Crippen molar-refractivity contribution in [3.8, 4) is 0 Å². The van der Waals surface area contributed by atoms with Gasteiger partial charge in [0.15, 0.2) is 0 Å². The summed E-state index contributed by atoms with van der Waals surface area (Å²) in [6.07, 6.45) is 0. The Morgan fingerprint density at radius 2 is 1.20 bits per heavy atom. The summed E-state index contributed by atoms with van der Waals surface area (Å²) in [5, 5.41) is 0. The van der Waals surface area contributed by atoms with Gasteiger partial charge in [-0.05, 0) is 61.5 Å². The summed E-state index contributed by atoms with van der Waals surface area (Å²) in [6, 6.07) is 10.5. The largest absolute Gasteiger partial charge is 0.465 e. The average Bonchev–Trinajstić information content (AvgIpc) is 3.09. The molecule has 0 atom stereocenters. The van der Waals surface area contributed by atoms with Crippen LogP contribution in [0, 0.1) is 20.8 Å². The van der Waals surface area contributed by atoms with Gasteiger partial charge in [-0.2, -0.15) is 0 Å². The number of carbonyl (C=O) groups is 2. The first kappa shape index (κ1) is 34.1. The molecule has 0 aliphatic heterocycles. The maximum absolute atomic E-state index is 11.4. The number of carbonyl (C=O) groups excluding carboxylic acids is 2. The van der Waals surface area contributed by atoms with Gasteiger partial charge < -0.3 is 9.53 Å². The molecule has 1 heterocycles. The molecule has 0 amide bonds. The molecule has 2 rings (SSSR count). The Bertz CT molecular complexity index is 690. The lowest BCUT2D eigenvalue weighted by Gasteiger charge is -2.15. The molecule has 0 saturated carbocycles. The molecular formula is C24H38I2O3S. The molecule has 0 bridgehead atoms. The number of Topliss-reactive ketones (excluding diaryl/α,β-unsaturated/α-hetero) is 1. The summed E-state index contributed by atoms with van der Waals surface area (Å²) in [5.41, 5.74) is 3.76. The zero-order valence-electron chi connectivity index (χ0n) is 20.3. The molecule has 0 saturated heterocycles. The predicted molar refractivity (Wildman–Crippen MR) is 151 cm³/mol. The van der Waals surface area contributed by atoms with E-state index in [1.165, 1.54) is 48.3 Å². The van der Waals surface area contributed by atoms with Crippen LogP contribution in [0.15, 0.2) is 30.3 Å². The van der Waals surface area contributed by atoms with Crippen LogP contribution in [0.1, 0.15) is 65.9 Å². The van der Waals surface area contributed by atoms with E-state index in [9.17, 15) is 9.59 Å². The lowest BCUT2D eigenvalue weighted by Crippen LogP contribution is -2.08.